The maximum atomic E-state index is 5.99. The van der Waals surface area contributed by atoms with Crippen molar-refractivity contribution in [3.63, 3.8) is 0 Å². The highest BCUT2D eigenvalue weighted by Crippen LogP contribution is 2.24. The van der Waals surface area contributed by atoms with E-state index in [0.29, 0.717) is 11.0 Å². The Hall–Kier alpha value is -2.00. The molecule has 0 fully saturated rings. The number of hydrogen-bond acceptors (Lipinski definition) is 2. The van der Waals surface area contributed by atoms with E-state index in [0.717, 1.165) is 16.7 Å². The van der Waals surface area contributed by atoms with Crippen LogP contribution >= 0.6 is 11.6 Å². The zero-order chi connectivity index (χ0) is 12.7. The summed E-state index contributed by atoms with van der Waals surface area (Å²) in [5.74, 6) is 0.484. The van der Waals surface area contributed by atoms with Crippen molar-refractivity contribution >= 4 is 28.6 Å². The van der Waals surface area contributed by atoms with Crippen LogP contribution < -0.4 is 5.73 Å². The van der Waals surface area contributed by atoms with E-state index in [1.54, 1.807) is 0 Å². The second-order valence-electron chi connectivity index (χ2n) is 4.27. The lowest BCUT2D eigenvalue weighted by Crippen LogP contribution is -2.00. The van der Waals surface area contributed by atoms with Crippen molar-refractivity contribution in [1.82, 2.24) is 9.55 Å². The zero-order valence-electron chi connectivity index (χ0n) is 9.89. The molecule has 0 bridgehead atoms. The van der Waals surface area contributed by atoms with Gasteiger partial charge in [-0.2, -0.15) is 0 Å². The van der Waals surface area contributed by atoms with Gasteiger partial charge in [-0.3, -0.25) is 4.57 Å². The third-order valence-corrected chi connectivity index (χ3v) is 3.17. The molecule has 0 unspecified atom stereocenters. The molecule has 3 rings (SSSR count). The topological polar surface area (TPSA) is 43.8 Å². The van der Waals surface area contributed by atoms with Gasteiger partial charge in [0.05, 0.1) is 11.0 Å². The number of benzene rings is 2. The quantitative estimate of drug-likeness (QED) is 0.724. The first-order valence-corrected chi connectivity index (χ1v) is 6.03. The van der Waals surface area contributed by atoms with Crippen molar-refractivity contribution in [3.8, 4) is 5.69 Å². The summed E-state index contributed by atoms with van der Waals surface area (Å²) in [5, 5.41) is 0.706. The lowest BCUT2D eigenvalue weighted by molar-refractivity contribution is 1.11. The van der Waals surface area contributed by atoms with Crippen LogP contribution in [0.25, 0.3) is 16.7 Å². The molecule has 1 heterocycles. The van der Waals surface area contributed by atoms with Crippen molar-refractivity contribution in [2.24, 2.45) is 0 Å². The lowest BCUT2D eigenvalue weighted by Gasteiger charge is -2.06. The van der Waals surface area contributed by atoms with Crippen LogP contribution in [0.1, 0.15) is 5.56 Å². The fourth-order valence-corrected chi connectivity index (χ4v) is 2.19. The van der Waals surface area contributed by atoms with Gasteiger partial charge >= 0.3 is 0 Å². The van der Waals surface area contributed by atoms with Crippen LogP contribution in [0, 0.1) is 6.92 Å². The average molecular weight is 258 g/mol. The van der Waals surface area contributed by atoms with Crippen LogP contribution in [0.3, 0.4) is 0 Å². The second-order valence-corrected chi connectivity index (χ2v) is 4.71. The number of aryl methyl sites for hydroxylation is 1. The number of nitrogen functional groups attached to an aromatic ring is 1. The average Bonchev–Trinajstić information content (AvgIpc) is 2.66. The number of hydrogen-bond donors (Lipinski definition) is 1. The maximum absolute atomic E-state index is 5.99. The standard InChI is InChI=1S/C14H12ClN3/c1-9-2-7-12-13(8-9)18(14(16)17-12)11-5-3-10(15)4-6-11/h2-8H,1H3,(H2,16,17). The van der Waals surface area contributed by atoms with Gasteiger partial charge in [0, 0.05) is 10.7 Å². The molecule has 0 atom stereocenters. The SMILES string of the molecule is Cc1ccc2nc(N)n(-c3ccc(Cl)cc3)c2c1. The Balaban J connectivity index is 2.30. The Kier molecular flexibility index (Phi) is 2.49. The third kappa shape index (κ3) is 1.73. The van der Waals surface area contributed by atoms with E-state index in [-0.39, 0.29) is 0 Å². The van der Waals surface area contributed by atoms with Crippen LogP contribution in [0.2, 0.25) is 5.02 Å². The van der Waals surface area contributed by atoms with Crippen LogP contribution in [0.4, 0.5) is 5.95 Å². The number of nitrogens with two attached hydrogens (primary N) is 1. The normalized spacial score (nSPS) is 11.0. The molecule has 0 saturated carbocycles. The first-order chi connectivity index (χ1) is 8.65. The van der Waals surface area contributed by atoms with Crippen LogP contribution in [-0.2, 0) is 0 Å². The Bertz CT molecular complexity index is 714. The van der Waals surface area contributed by atoms with E-state index in [4.69, 9.17) is 17.3 Å². The molecular formula is C14H12ClN3. The Labute approximate surface area is 110 Å². The van der Waals surface area contributed by atoms with Gasteiger partial charge in [-0.25, -0.2) is 4.98 Å². The lowest BCUT2D eigenvalue weighted by atomic mass is 10.2. The van der Waals surface area contributed by atoms with Crippen LogP contribution in [0.15, 0.2) is 42.5 Å². The molecule has 0 saturated heterocycles. The molecule has 0 spiro atoms. The molecule has 0 aliphatic heterocycles. The van der Waals surface area contributed by atoms with Gasteiger partial charge in [0.1, 0.15) is 0 Å². The summed E-state index contributed by atoms with van der Waals surface area (Å²) < 4.78 is 1.93. The van der Waals surface area contributed by atoms with Gasteiger partial charge in [0.2, 0.25) is 5.95 Å². The van der Waals surface area contributed by atoms with Gasteiger partial charge in [-0.05, 0) is 48.9 Å². The van der Waals surface area contributed by atoms with E-state index in [9.17, 15) is 0 Å². The van der Waals surface area contributed by atoms with Gasteiger partial charge in [0.25, 0.3) is 0 Å². The van der Waals surface area contributed by atoms with E-state index in [1.807, 2.05) is 41.0 Å². The molecule has 3 nitrogen and oxygen atoms in total. The molecule has 0 amide bonds. The predicted octanol–water partition coefficient (Wildman–Crippen LogP) is 3.57. The minimum atomic E-state index is 0.484. The van der Waals surface area contributed by atoms with Crippen molar-refractivity contribution in [3.05, 3.63) is 53.1 Å². The largest absolute Gasteiger partial charge is 0.369 e. The van der Waals surface area contributed by atoms with E-state index >= 15 is 0 Å². The Morgan fingerprint density at radius 3 is 2.56 bits per heavy atom. The molecule has 0 aliphatic carbocycles. The van der Waals surface area contributed by atoms with Gasteiger partial charge in [0.15, 0.2) is 0 Å². The van der Waals surface area contributed by atoms with Crippen LogP contribution in [0.5, 0.6) is 0 Å². The molecule has 0 radical (unpaired) electrons. The minimum Gasteiger partial charge on any atom is -0.369 e. The first-order valence-electron chi connectivity index (χ1n) is 5.66. The molecule has 90 valence electrons. The summed E-state index contributed by atoms with van der Waals surface area (Å²) in [6, 6.07) is 13.6. The summed E-state index contributed by atoms with van der Waals surface area (Å²) in [5.41, 5.74) is 10.0. The van der Waals surface area contributed by atoms with Crippen LogP contribution in [-0.4, -0.2) is 9.55 Å². The summed E-state index contributed by atoms with van der Waals surface area (Å²) in [6.45, 7) is 2.05. The smallest absolute Gasteiger partial charge is 0.205 e. The molecule has 0 aliphatic rings. The third-order valence-electron chi connectivity index (χ3n) is 2.92. The zero-order valence-corrected chi connectivity index (χ0v) is 10.6. The number of fused-ring (bicyclic) bond motifs is 1. The van der Waals surface area contributed by atoms with Crippen molar-refractivity contribution < 1.29 is 0 Å². The number of imidazole rings is 1. The highest BCUT2D eigenvalue weighted by Gasteiger charge is 2.09. The van der Waals surface area contributed by atoms with E-state index in [2.05, 4.69) is 18.0 Å². The number of anilines is 1. The summed E-state index contributed by atoms with van der Waals surface area (Å²) in [6.07, 6.45) is 0. The monoisotopic (exact) mass is 257 g/mol. The van der Waals surface area contributed by atoms with Crippen molar-refractivity contribution in [1.29, 1.82) is 0 Å². The van der Waals surface area contributed by atoms with Crippen molar-refractivity contribution in [2.75, 3.05) is 5.73 Å². The highest BCUT2D eigenvalue weighted by atomic mass is 35.5. The summed E-state index contributed by atoms with van der Waals surface area (Å²) in [4.78, 5) is 4.36. The van der Waals surface area contributed by atoms with Crippen molar-refractivity contribution in [2.45, 2.75) is 6.92 Å². The number of rotatable bonds is 1. The summed E-state index contributed by atoms with van der Waals surface area (Å²) >= 11 is 5.90. The molecule has 18 heavy (non-hydrogen) atoms. The number of aromatic nitrogens is 2. The molecule has 2 N–H and O–H groups in total. The first kappa shape index (κ1) is 11.1. The Morgan fingerprint density at radius 2 is 1.83 bits per heavy atom. The van der Waals surface area contributed by atoms with E-state index < -0.39 is 0 Å². The summed E-state index contributed by atoms with van der Waals surface area (Å²) in [7, 11) is 0. The molecule has 4 heteroatoms. The maximum Gasteiger partial charge on any atom is 0.205 e. The fourth-order valence-electron chi connectivity index (χ4n) is 2.07. The highest BCUT2D eigenvalue weighted by molar-refractivity contribution is 6.30. The fraction of sp³-hybridized carbons (Fsp3) is 0.0714. The van der Waals surface area contributed by atoms with E-state index in [1.165, 1.54) is 5.56 Å². The number of nitrogens with zero attached hydrogens (tertiary/aromatic N) is 2. The molecular weight excluding hydrogens is 246 g/mol. The predicted molar refractivity (Wildman–Crippen MR) is 75.2 cm³/mol. The molecule has 2 aromatic carbocycles. The second kappa shape index (κ2) is 4.03. The van der Waals surface area contributed by atoms with Gasteiger partial charge in [-0.1, -0.05) is 17.7 Å². The molecule has 1 aromatic heterocycles. The van der Waals surface area contributed by atoms with Gasteiger partial charge in [-0.15, -0.1) is 0 Å². The Morgan fingerprint density at radius 1 is 1.11 bits per heavy atom. The minimum absolute atomic E-state index is 0.484. The van der Waals surface area contributed by atoms with Gasteiger partial charge < -0.3 is 5.73 Å². The molecule has 3 aromatic rings. The number of halogens is 1.